The van der Waals surface area contributed by atoms with Crippen LogP contribution in [0.1, 0.15) is 32.1 Å². The Hall–Kier alpha value is -1.62. The zero-order valence-corrected chi connectivity index (χ0v) is 10.2. The molecule has 18 heavy (non-hydrogen) atoms. The Morgan fingerprint density at radius 3 is 2.50 bits per heavy atom. The fourth-order valence-electron chi connectivity index (χ4n) is 2.35. The van der Waals surface area contributed by atoms with Gasteiger partial charge < -0.3 is 10.4 Å². The SMILES string of the molecule is O=[N+]([O-])c1ccc(N[C@H]2CCCCC[C@@H]2O)cc1. The number of non-ortho nitro benzene ring substituents is 1. The maximum Gasteiger partial charge on any atom is 0.269 e. The molecule has 0 heterocycles. The first-order chi connectivity index (χ1) is 8.66. The third kappa shape index (κ3) is 3.20. The predicted molar refractivity (Wildman–Crippen MR) is 69.6 cm³/mol. The van der Waals surface area contributed by atoms with Gasteiger partial charge in [0.15, 0.2) is 0 Å². The Balaban J connectivity index is 2.01. The first-order valence-corrected chi connectivity index (χ1v) is 6.36. The summed E-state index contributed by atoms with van der Waals surface area (Å²) in [5, 5.41) is 23.8. The van der Waals surface area contributed by atoms with E-state index in [1.165, 1.54) is 12.1 Å². The molecule has 0 saturated heterocycles. The zero-order chi connectivity index (χ0) is 13.0. The molecule has 2 atom stereocenters. The molecule has 0 unspecified atom stereocenters. The minimum Gasteiger partial charge on any atom is -0.391 e. The summed E-state index contributed by atoms with van der Waals surface area (Å²) < 4.78 is 0. The average Bonchev–Trinajstić information content (AvgIpc) is 2.56. The summed E-state index contributed by atoms with van der Waals surface area (Å²) in [5.74, 6) is 0. The van der Waals surface area contributed by atoms with Crippen molar-refractivity contribution < 1.29 is 10.0 Å². The van der Waals surface area contributed by atoms with E-state index in [9.17, 15) is 15.2 Å². The summed E-state index contributed by atoms with van der Waals surface area (Å²) in [6.45, 7) is 0. The van der Waals surface area contributed by atoms with Crippen LogP contribution in [0, 0.1) is 10.1 Å². The van der Waals surface area contributed by atoms with Gasteiger partial charge in [-0.3, -0.25) is 10.1 Å². The molecule has 1 aromatic carbocycles. The van der Waals surface area contributed by atoms with E-state index < -0.39 is 4.92 Å². The molecular formula is C13H18N2O3. The number of nitrogens with one attached hydrogen (secondary N) is 1. The summed E-state index contributed by atoms with van der Waals surface area (Å²) in [6, 6.07) is 6.39. The van der Waals surface area contributed by atoms with E-state index in [0.717, 1.165) is 37.8 Å². The fraction of sp³-hybridized carbons (Fsp3) is 0.538. The highest BCUT2D eigenvalue weighted by Crippen LogP contribution is 2.23. The molecule has 2 rings (SSSR count). The van der Waals surface area contributed by atoms with Crippen LogP contribution in [0.2, 0.25) is 0 Å². The number of rotatable bonds is 3. The largest absolute Gasteiger partial charge is 0.391 e. The van der Waals surface area contributed by atoms with Crippen LogP contribution in [0.25, 0.3) is 0 Å². The Kier molecular flexibility index (Phi) is 4.15. The molecular weight excluding hydrogens is 232 g/mol. The lowest BCUT2D eigenvalue weighted by molar-refractivity contribution is -0.384. The Morgan fingerprint density at radius 1 is 1.17 bits per heavy atom. The van der Waals surface area contributed by atoms with Crippen LogP contribution in [-0.2, 0) is 0 Å². The molecule has 1 aliphatic carbocycles. The van der Waals surface area contributed by atoms with Gasteiger partial charge in [-0.25, -0.2) is 0 Å². The van der Waals surface area contributed by atoms with Gasteiger partial charge in [0.05, 0.1) is 17.1 Å². The molecule has 0 bridgehead atoms. The van der Waals surface area contributed by atoms with E-state index in [1.54, 1.807) is 12.1 Å². The normalized spacial score (nSPS) is 24.3. The topological polar surface area (TPSA) is 75.4 Å². The molecule has 2 N–H and O–H groups in total. The van der Waals surface area contributed by atoms with Crippen molar-refractivity contribution in [1.82, 2.24) is 0 Å². The number of hydrogen-bond donors (Lipinski definition) is 2. The molecule has 1 aromatic rings. The zero-order valence-electron chi connectivity index (χ0n) is 10.2. The predicted octanol–water partition coefficient (Wildman–Crippen LogP) is 2.70. The van der Waals surface area contributed by atoms with Crippen LogP contribution in [-0.4, -0.2) is 22.2 Å². The highest BCUT2D eigenvalue weighted by Gasteiger charge is 2.21. The van der Waals surface area contributed by atoms with E-state index >= 15 is 0 Å². The summed E-state index contributed by atoms with van der Waals surface area (Å²) in [4.78, 5) is 10.1. The van der Waals surface area contributed by atoms with Crippen molar-refractivity contribution >= 4 is 11.4 Å². The summed E-state index contributed by atoms with van der Waals surface area (Å²) in [5.41, 5.74) is 0.911. The van der Waals surface area contributed by atoms with Crippen molar-refractivity contribution in [1.29, 1.82) is 0 Å². The summed E-state index contributed by atoms with van der Waals surface area (Å²) in [6.07, 6.45) is 4.78. The van der Waals surface area contributed by atoms with Crippen LogP contribution in [0.3, 0.4) is 0 Å². The van der Waals surface area contributed by atoms with Crippen molar-refractivity contribution in [2.75, 3.05) is 5.32 Å². The van der Waals surface area contributed by atoms with Gasteiger partial charge in [0.1, 0.15) is 0 Å². The second kappa shape index (κ2) is 5.82. The highest BCUT2D eigenvalue weighted by molar-refractivity contribution is 5.49. The molecule has 0 radical (unpaired) electrons. The van der Waals surface area contributed by atoms with Gasteiger partial charge in [0.2, 0.25) is 0 Å². The van der Waals surface area contributed by atoms with Gasteiger partial charge in [-0.2, -0.15) is 0 Å². The maximum atomic E-state index is 10.5. The van der Waals surface area contributed by atoms with Crippen LogP contribution >= 0.6 is 0 Å². The van der Waals surface area contributed by atoms with Gasteiger partial charge in [-0.1, -0.05) is 19.3 Å². The van der Waals surface area contributed by atoms with Crippen molar-refractivity contribution in [3.8, 4) is 0 Å². The number of nitro groups is 1. The lowest BCUT2D eigenvalue weighted by atomic mass is 10.1. The minimum atomic E-state index is -0.412. The summed E-state index contributed by atoms with van der Waals surface area (Å²) >= 11 is 0. The van der Waals surface area contributed by atoms with Gasteiger partial charge in [-0.05, 0) is 25.0 Å². The van der Waals surface area contributed by atoms with Crippen LogP contribution in [0.15, 0.2) is 24.3 Å². The molecule has 5 nitrogen and oxygen atoms in total. The average molecular weight is 250 g/mol. The molecule has 0 spiro atoms. The second-order valence-electron chi connectivity index (χ2n) is 4.76. The number of nitro benzene ring substituents is 1. The standard InChI is InChI=1S/C13H18N2O3/c16-13-5-3-1-2-4-12(13)14-10-6-8-11(9-7-10)15(17)18/h6-9,12-14,16H,1-5H2/t12-,13-/m0/s1. The lowest BCUT2D eigenvalue weighted by Gasteiger charge is -2.22. The third-order valence-electron chi connectivity index (χ3n) is 3.41. The van der Waals surface area contributed by atoms with Gasteiger partial charge >= 0.3 is 0 Å². The van der Waals surface area contributed by atoms with Crippen LogP contribution in [0.5, 0.6) is 0 Å². The summed E-state index contributed by atoms with van der Waals surface area (Å²) in [7, 11) is 0. The molecule has 5 heteroatoms. The monoisotopic (exact) mass is 250 g/mol. The first kappa shape index (κ1) is 12.8. The molecule has 1 fully saturated rings. The molecule has 0 aromatic heterocycles. The van der Waals surface area contributed by atoms with E-state index in [-0.39, 0.29) is 17.8 Å². The van der Waals surface area contributed by atoms with Crippen LogP contribution < -0.4 is 5.32 Å². The van der Waals surface area contributed by atoms with Gasteiger partial charge in [0.25, 0.3) is 5.69 Å². The number of benzene rings is 1. The van der Waals surface area contributed by atoms with Crippen LogP contribution in [0.4, 0.5) is 11.4 Å². The molecule has 0 aliphatic heterocycles. The Labute approximate surface area is 106 Å². The number of anilines is 1. The second-order valence-corrected chi connectivity index (χ2v) is 4.76. The number of nitrogens with zero attached hydrogens (tertiary/aromatic N) is 1. The first-order valence-electron chi connectivity index (χ1n) is 6.36. The van der Waals surface area contributed by atoms with E-state index in [1.807, 2.05) is 0 Å². The highest BCUT2D eigenvalue weighted by atomic mass is 16.6. The van der Waals surface area contributed by atoms with E-state index in [0.29, 0.717) is 0 Å². The number of hydrogen-bond acceptors (Lipinski definition) is 4. The van der Waals surface area contributed by atoms with E-state index in [4.69, 9.17) is 0 Å². The van der Waals surface area contributed by atoms with Gasteiger partial charge in [-0.15, -0.1) is 0 Å². The molecule has 1 saturated carbocycles. The fourth-order valence-corrected chi connectivity index (χ4v) is 2.35. The van der Waals surface area contributed by atoms with Gasteiger partial charge in [0, 0.05) is 17.8 Å². The van der Waals surface area contributed by atoms with E-state index in [2.05, 4.69) is 5.32 Å². The van der Waals surface area contributed by atoms with Crippen molar-refractivity contribution in [3.05, 3.63) is 34.4 Å². The quantitative estimate of drug-likeness (QED) is 0.491. The van der Waals surface area contributed by atoms with Crippen molar-refractivity contribution in [2.45, 2.75) is 44.2 Å². The van der Waals surface area contributed by atoms with Crippen molar-refractivity contribution in [2.24, 2.45) is 0 Å². The van der Waals surface area contributed by atoms with Crippen molar-refractivity contribution in [3.63, 3.8) is 0 Å². The smallest absolute Gasteiger partial charge is 0.269 e. The minimum absolute atomic E-state index is 0.0500. The lowest BCUT2D eigenvalue weighted by Crippen LogP contribution is -2.32. The third-order valence-corrected chi connectivity index (χ3v) is 3.41. The molecule has 98 valence electrons. The number of aliphatic hydroxyl groups excluding tert-OH is 1. The number of aliphatic hydroxyl groups is 1. The molecule has 1 aliphatic rings. The Bertz CT molecular complexity index is 405. The molecule has 0 amide bonds. The Morgan fingerprint density at radius 2 is 1.83 bits per heavy atom. The maximum absolute atomic E-state index is 10.5.